The highest BCUT2D eigenvalue weighted by Gasteiger charge is 2.39. The van der Waals surface area contributed by atoms with Crippen molar-refractivity contribution in [3.05, 3.63) is 294 Å². The molecule has 3 aliphatic carbocycles. The van der Waals surface area contributed by atoms with Crippen LogP contribution in [0.1, 0.15) is 74.9 Å². The smallest absolute Gasteiger partial charge is 0.160 e. The minimum absolute atomic E-state index is 0.151. The molecule has 19 rings (SSSR count). The fraction of sp³-hybridized carbons (Fsp3) is 0.106. The number of para-hydroxylation sites is 3. The number of benzene rings is 12. The molecule has 12 aromatic carbocycles. The van der Waals surface area contributed by atoms with Crippen LogP contribution >= 0.6 is 0 Å². The summed E-state index contributed by atoms with van der Waals surface area (Å²) in [6.45, 7) is 14.2. The number of fused-ring (bicyclic) bond motifs is 18. The minimum Gasteiger partial charge on any atom is -0.309 e. The first kappa shape index (κ1) is 51.2. The summed E-state index contributed by atoms with van der Waals surface area (Å²) in [4.78, 5) is 11.3. The Labute approximate surface area is 522 Å². The van der Waals surface area contributed by atoms with E-state index in [-0.39, 0.29) is 16.2 Å². The van der Waals surface area contributed by atoms with E-state index < -0.39 is 0 Å². The largest absolute Gasteiger partial charge is 0.309 e. The first-order chi connectivity index (χ1) is 43.9. The predicted octanol–water partition coefficient (Wildman–Crippen LogP) is 21.7. The lowest BCUT2D eigenvalue weighted by atomic mass is 9.82. The fourth-order valence-corrected chi connectivity index (χ4v) is 16.6. The van der Waals surface area contributed by atoms with Gasteiger partial charge in [-0.1, -0.05) is 205 Å². The van der Waals surface area contributed by atoms with Crippen LogP contribution in [0.15, 0.2) is 261 Å². The van der Waals surface area contributed by atoms with Gasteiger partial charge in [-0.3, -0.25) is 0 Å². The van der Waals surface area contributed by atoms with Crippen molar-refractivity contribution in [2.45, 2.75) is 57.8 Å². The van der Waals surface area contributed by atoms with E-state index in [0.29, 0.717) is 5.82 Å². The molecule has 0 amide bonds. The molecule has 426 valence electrons. The molecule has 3 aliphatic rings. The van der Waals surface area contributed by atoms with Gasteiger partial charge < -0.3 is 13.7 Å². The Morgan fingerprint density at radius 2 is 0.544 bits per heavy atom. The molecule has 0 saturated carbocycles. The summed E-state index contributed by atoms with van der Waals surface area (Å²) < 4.78 is 7.38. The van der Waals surface area contributed by atoms with Crippen molar-refractivity contribution < 1.29 is 0 Å². The molecule has 0 aliphatic heterocycles. The average molecular weight is 1150 g/mol. The zero-order valence-corrected chi connectivity index (χ0v) is 51.1. The van der Waals surface area contributed by atoms with Crippen LogP contribution in [0.2, 0.25) is 0 Å². The molecule has 0 atom stereocenters. The number of nitrogens with zero attached hydrogens (tertiary/aromatic N) is 5. The second-order valence-electron chi connectivity index (χ2n) is 26.9. The van der Waals surface area contributed by atoms with Gasteiger partial charge in [-0.2, -0.15) is 0 Å². The lowest BCUT2D eigenvalue weighted by Gasteiger charge is -2.21. The molecular formula is C85H61N5. The molecule has 0 fully saturated rings. The van der Waals surface area contributed by atoms with Gasteiger partial charge in [0.2, 0.25) is 0 Å². The molecule has 90 heavy (non-hydrogen) atoms. The van der Waals surface area contributed by atoms with Crippen LogP contribution in [0.3, 0.4) is 0 Å². The molecule has 4 heterocycles. The van der Waals surface area contributed by atoms with Gasteiger partial charge in [-0.15, -0.1) is 0 Å². The van der Waals surface area contributed by atoms with Gasteiger partial charge in [-0.25, -0.2) is 9.97 Å². The van der Waals surface area contributed by atoms with Crippen molar-refractivity contribution in [2.75, 3.05) is 0 Å². The van der Waals surface area contributed by atoms with Gasteiger partial charge in [-0.05, 0) is 164 Å². The molecule has 4 aromatic heterocycles. The summed E-state index contributed by atoms with van der Waals surface area (Å²) in [7, 11) is 0. The van der Waals surface area contributed by atoms with Crippen molar-refractivity contribution in [3.8, 4) is 84.3 Å². The van der Waals surface area contributed by atoms with E-state index in [1.54, 1.807) is 0 Å². The second kappa shape index (κ2) is 18.1. The molecule has 0 N–H and O–H groups in total. The Hall–Kier alpha value is -10.9. The molecule has 0 bridgehead atoms. The number of rotatable bonds is 6. The van der Waals surface area contributed by atoms with E-state index in [4.69, 9.17) is 9.97 Å². The third kappa shape index (κ3) is 6.97. The highest BCUT2D eigenvalue weighted by Crippen LogP contribution is 2.54. The van der Waals surface area contributed by atoms with E-state index >= 15 is 0 Å². The number of hydrogen-bond donors (Lipinski definition) is 0. The summed E-state index contributed by atoms with van der Waals surface area (Å²) in [5, 5.41) is 7.43. The van der Waals surface area contributed by atoms with E-state index in [1.807, 2.05) is 0 Å². The highest BCUT2D eigenvalue weighted by molar-refractivity contribution is 6.14. The molecule has 0 spiro atoms. The number of hydrogen-bond acceptors (Lipinski definition) is 2. The van der Waals surface area contributed by atoms with Crippen molar-refractivity contribution in [3.63, 3.8) is 0 Å². The Morgan fingerprint density at radius 3 is 0.911 bits per heavy atom. The summed E-state index contributed by atoms with van der Waals surface area (Å²) in [5.41, 5.74) is 30.5. The highest BCUT2D eigenvalue weighted by atomic mass is 15.0. The van der Waals surface area contributed by atoms with Gasteiger partial charge in [0.05, 0.1) is 44.5 Å². The fourth-order valence-electron chi connectivity index (χ4n) is 16.6. The van der Waals surface area contributed by atoms with Gasteiger partial charge >= 0.3 is 0 Å². The minimum atomic E-state index is -0.154. The molecular weight excluding hydrogens is 1090 g/mol. The SMILES string of the molecule is CC1(C)c2ccccc2-c2cc3c4ccccc4n(-c4cccc(-c5cc(-c6cccc(-n7c8ccccc8c8cc9c(cc87)C(C)(C)c7ccccc7-9)c6)nc(-c6cccc(-n7c8ccccc8c8cc9c(cc87)C(C)(C)c7ccccc7-9)c6)n5)c4)c3cc21. The topological polar surface area (TPSA) is 40.6 Å². The van der Waals surface area contributed by atoms with Gasteiger partial charge in [0, 0.05) is 82.3 Å². The summed E-state index contributed by atoms with van der Waals surface area (Å²) in [6.07, 6.45) is 0. The van der Waals surface area contributed by atoms with E-state index in [9.17, 15) is 0 Å². The second-order valence-corrected chi connectivity index (χ2v) is 26.9. The van der Waals surface area contributed by atoms with E-state index in [1.165, 1.54) is 127 Å². The Morgan fingerprint density at radius 1 is 0.233 bits per heavy atom. The van der Waals surface area contributed by atoms with Crippen LogP contribution < -0.4 is 0 Å². The third-order valence-electron chi connectivity index (χ3n) is 21.0. The van der Waals surface area contributed by atoms with Crippen molar-refractivity contribution in [1.29, 1.82) is 0 Å². The Bertz CT molecular complexity index is 5260. The lowest BCUT2D eigenvalue weighted by Crippen LogP contribution is -2.14. The van der Waals surface area contributed by atoms with Crippen LogP contribution in [0, 0.1) is 0 Å². The van der Waals surface area contributed by atoms with Crippen LogP contribution in [0.25, 0.3) is 150 Å². The zero-order valence-electron chi connectivity index (χ0n) is 51.1. The summed E-state index contributed by atoms with van der Waals surface area (Å²) >= 11 is 0. The van der Waals surface area contributed by atoms with Crippen LogP contribution in [0.5, 0.6) is 0 Å². The number of aromatic nitrogens is 5. The van der Waals surface area contributed by atoms with Gasteiger partial charge in [0.1, 0.15) is 0 Å². The first-order valence-corrected chi connectivity index (χ1v) is 31.6. The molecule has 5 nitrogen and oxygen atoms in total. The molecule has 0 saturated heterocycles. The zero-order chi connectivity index (χ0) is 60.1. The van der Waals surface area contributed by atoms with Crippen LogP contribution in [-0.4, -0.2) is 23.7 Å². The van der Waals surface area contributed by atoms with Crippen LogP contribution in [0.4, 0.5) is 0 Å². The Kier molecular flexibility index (Phi) is 10.3. The average Bonchev–Trinajstić information content (AvgIpc) is 1.59. The lowest BCUT2D eigenvalue weighted by molar-refractivity contribution is 0.661. The van der Waals surface area contributed by atoms with Crippen molar-refractivity contribution in [1.82, 2.24) is 23.7 Å². The molecule has 5 heteroatoms. The van der Waals surface area contributed by atoms with Crippen LogP contribution in [-0.2, 0) is 16.2 Å². The molecule has 16 aromatic rings. The Balaban J connectivity index is 0.806. The maximum absolute atomic E-state index is 5.66. The van der Waals surface area contributed by atoms with E-state index in [0.717, 1.165) is 50.7 Å². The first-order valence-electron chi connectivity index (χ1n) is 31.6. The van der Waals surface area contributed by atoms with Crippen molar-refractivity contribution in [2.24, 2.45) is 0 Å². The van der Waals surface area contributed by atoms with Crippen molar-refractivity contribution >= 4 is 65.4 Å². The summed E-state index contributed by atoms with van der Waals surface area (Å²) in [6, 6.07) is 97.2. The maximum Gasteiger partial charge on any atom is 0.160 e. The third-order valence-corrected chi connectivity index (χ3v) is 21.0. The normalized spacial score (nSPS) is 14.6. The quantitative estimate of drug-likeness (QED) is 0.166. The monoisotopic (exact) mass is 1150 g/mol. The summed E-state index contributed by atoms with van der Waals surface area (Å²) in [5.74, 6) is 0.654. The molecule has 0 radical (unpaired) electrons. The van der Waals surface area contributed by atoms with Gasteiger partial charge in [0.15, 0.2) is 5.82 Å². The maximum atomic E-state index is 5.66. The molecule has 0 unspecified atom stereocenters. The van der Waals surface area contributed by atoms with E-state index in [2.05, 4.69) is 316 Å². The standard InChI is InChI=1S/C85H61N5/c1-83(2)68-34-13-7-28-56(68)62-43-65-59-31-10-16-37-76(59)88(79(65)46-71(62)83)53-25-19-22-50(40-53)74-49-75(51-23-20-26-54(41-51)89-77-38-17-11-32-60(77)66-44-63-57-29-8-14-35-69(57)84(3,4)72(63)47-80(66)89)87-82(86-74)52-24-21-27-55(42-52)90-78-39-18-12-33-61(78)67-45-64-58-30-9-15-36-70(58)85(5,6)73(64)48-81(67)90/h7-49H,1-6H3. The predicted molar refractivity (Wildman–Crippen MR) is 374 cm³/mol. The van der Waals surface area contributed by atoms with Gasteiger partial charge in [0.25, 0.3) is 0 Å².